The van der Waals surface area contributed by atoms with E-state index in [0.29, 0.717) is 5.92 Å². The first-order chi connectivity index (χ1) is 8.74. The van der Waals surface area contributed by atoms with E-state index in [9.17, 15) is 4.39 Å². The number of piperazine rings is 1. The standard InChI is InChI=1S/C15H23FN2.2ClH/c1-3-12(2)15(18-10-8-17-9-11-18)13-6-4-5-7-14(13)16;;/h4-7,12,15,17H,3,8-11H2,1-2H3;2*1H/t12?,15-;;/m0../s1. The molecule has 1 unspecified atom stereocenters. The minimum absolute atomic E-state index is 0. The van der Waals surface area contributed by atoms with Gasteiger partial charge in [0.05, 0.1) is 0 Å². The maximum Gasteiger partial charge on any atom is 0.127 e. The van der Waals surface area contributed by atoms with Crippen LogP contribution in [0.4, 0.5) is 4.39 Å². The van der Waals surface area contributed by atoms with Crippen molar-refractivity contribution < 1.29 is 4.39 Å². The van der Waals surface area contributed by atoms with Gasteiger partial charge in [-0.2, -0.15) is 0 Å². The number of benzene rings is 1. The third-order valence-electron chi connectivity index (χ3n) is 3.95. The fraction of sp³-hybridized carbons (Fsp3) is 0.600. The monoisotopic (exact) mass is 322 g/mol. The molecule has 0 bridgehead atoms. The zero-order chi connectivity index (χ0) is 13.0. The minimum atomic E-state index is -0.0682. The fourth-order valence-corrected chi connectivity index (χ4v) is 2.76. The average molecular weight is 323 g/mol. The molecule has 1 fully saturated rings. The Kier molecular flexibility index (Phi) is 9.39. The van der Waals surface area contributed by atoms with Crippen LogP contribution in [0.15, 0.2) is 24.3 Å². The highest BCUT2D eigenvalue weighted by molar-refractivity contribution is 5.85. The summed E-state index contributed by atoms with van der Waals surface area (Å²) in [5.74, 6) is 0.404. The molecule has 2 atom stereocenters. The zero-order valence-corrected chi connectivity index (χ0v) is 13.8. The Morgan fingerprint density at radius 1 is 1.20 bits per heavy atom. The molecule has 0 spiro atoms. The molecule has 1 aromatic carbocycles. The summed E-state index contributed by atoms with van der Waals surface area (Å²) in [6.45, 7) is 8.41. The summed E-state index contributed by atoms with van der Waals surface area (Å²) in [7, 11) is 0. The molecule has 1 N–H and O–H groups in total. The first kappa shape index (κ1) is 19.7. The highest BCUT2D eigenvalue weighted by atomic mass is 35.5. The second-order valence-electron chi connectivity index (χ2n) is 5.14. The number of rotatable bonds is 4. The first-order valence-electron chi connectivity index (χ1n) is 6.93. The average Bonchev–Trinajstić information content (AvgIpc) is 2.42. The highest BCUT2D eigenvalue weighted by Crippen LogP contribution is 2.32. The van der Waals surface area contributed by atoms with Crippen molar-refractivity contribution in [2.75, 3.05) is 26.2 Å². The molecule has 0 aromatic heterocycles. The van der Waals surface area contributed by atoms with Gasteiger partial charge < -0.3 is 5.32 Å². The summed E-state index contributed by atoms with van der Waals surface area (Å²) in [5, 5.41) is 3.36. The molecular formula is C15H25Cl2FN2. The lowest BCUT2D eigenvalue weighted by Gasteiger charge is -2.38. The van der Waals surface area contributed by atoms with Crippen LogP contribution in [0.25, 0.3) is 0 Å². The molecule has 1 aromatic rings. The Hall–Kier alpha value is -0.350. The van der Waals surface area contributed by atoms with Crippen molar-refractivity contribution in [1.29, 1.82) is 0 Å². The first-order valence-corrected chi connectivity index (χ1v) is 6.93. The smallest absolute Gasteiger partial charge is 0.127 e. The molecule has 0 aliphatic carbocycles. The lowest BCUT2D eigenvalue weighted by molar-refractivity contribution is 0.125. The molecule has 0 saturated carbocycles. The Balaban J connectivity index is 0.00000180. The maximum absolute atomic E-state index is 14.0. The van der Waals surface area contributed by atoms with Crippen LogP contribution in [-0.4, -0.2) is 31.1 Å². The number of halogens is 3. The zero-order valence-electron chi connectivity index (χ0n) is 12.1. The molecule has 0 radical (unpaired) electrons. The van der Waals surface area contributed by atoms with Gasteiger partial charge in [0.25, 0.3) is 0 Å². The van der Waals surface area contributed by atoms with Crippen molar-refractivity contribution in [3.63, 3.8) is 0 Å². The van der Waals surface area contributed by atoms with Crippen molar-refractivity contribution in [2.45, 2.75) is 26.3 Å². The summed E-state index contributed by atoms with van der Waals surface area (Å²) >= 11 is 0. The van der Waals surface area contributed by atoms with Gasteiger partial charge in [0.1, 0.15) is 5.82 Å². The van der Waals surface area contributed by atoms with E-state index in [1.807, 2.05) is 12.1 Å². The van der Waals surface area contributed by atoms with Crippen molar-refractivity contribution in [2.24, 2.45) is 5.92 Å². The quantitative estimate of drug-likeness (QED) is 0.910. The van der Waals surface area contributed by atoms with Crippen LogP contribution >= 0.6 is 24.8 Å². The Morgan fingerprint density at radius 2 is 1.80 bits per heavy atom. The molecule has 5 heteroatoms. The van der Waals surface area contributed by atoms with Crippen LogP contribution in [0.3, 0.4) is 0 Å². The topological polar surface area (TPSA) is 15.3 Å². The highest BCUT2D eigenvalue weighted by Gasteiger charge is 2.28. The predicted octanol–water partition coefficient (Wildman–Crippen LogP) is 3.66. The maximum atomic E-state index is 14.0. The summed E-state index contributed by atoms with van der Waals surface area (Å²) in [6.07, 6.45) is 1.07. The van der Waals surface area contributed by atoms with Crippen LogP contribution in [0.1, 0.15) is 31.9 Å². The van der Waals surface area contributed by atoms with Crippen molar-refractivity contribution in [3.05, 3.63) is 35.6 Å². The van der Waals surface area contributed by atoms with E-state index >= 15 is 0 Å². The van der Waals surface area contributed by atoms with Crippen molar-refractivity contribution in [3.8, 4) is 0 Å². The van der Waals surface area contributed by atoms with E-state index in [1.165, 1.54) is 0 Å². The van der Waals surface area contributed by atoms with E-state index < -0.39 is 0 Å². The number of nitrogens with one attached hydrogen (secondary N) is 1. The van der Waals surface area contributed by atoms with E-state index in [4.69, 9.17) is 0 Å². The molecule has 2 nitrogen and oxygen atoms in total. The molecule has 20 heavy (non-hydrogen) atoms. The molecule has 1 heterocycles. The van der Waals surface area contributed by atoms with Gasteiger partial charge in [0, 0.05) is 37.8 Å². The van der Waals surface area contributed by atoms with Crippen molar-refractivity contribution in [1.82, 2.24) is 10.2 Å². The summed E-state index contributed by atoms with van der Waals surface area (Å²) in [4.78, 5) is 2.42. The second-order valence-corrected chi connectivity index (χ2v) is 5.14. The molecule has 2 rings (SSSR count). The van der Waals surface area contributed by atoms with Gasteiger partial charge in [-0.3, -0.25) is 4.90 Å². The second kappa shape index (κ2) is 9.56. The van der Waals surface area contributed by atoms with Gasteiger partial charge in [-0.15, -0.1) is 24.8 Å². The number of hydrogen-bond acceptors (Lipinski definition) is 2. The third-order valence-corrected chi connectivity index (χ3v) is 3.95. The van der Waals surface area contributed by atoms with Gasteiger partial charge >= 0.3 is 0 Å². The van der Waals surface area contributed by atoms with Crippen LogP contribution in [0.5, 0.6) is 0 Å². The molecule has 1 aliphatic heterocycles. The SMILES string of the molecule is CCC(C)[C@@H](c1ccccc1F)N1CCNCC1.Cl.Cl. The third kappa shape index (κ3) is 4.59. The van der Waals surface area contributed by atoms with Gasteiger partial charge in [-0.1, -0.05) is 38.5 Å². The van der Waals surface area contributed by atoms with E-state index in [0.717, 1.165) is 38.2 Å². The van der Waals surface area contributed by atoms with E-state index in [2.05, 4.69) is 24.1 Å². The van der Waals surface area contributed by atoms with Crippen molar-refractivity contribution >= 4 is 24.8 Å². The van der Waals surface area contributed by atoms with E-state index in [-0.39, 0.29) is 36.7 Å². The van der Waals surface area contributed by atoms with Crippen LogP contribution in [-0.2, 0) is 0 Å². The molecule has 1 aliphatic rings. The van der Waals surface area contributed by atoms with E-state index in [1.54, 1.807) is 12.1 Å². The lowest BCUT2D eigenvalue weighted by atomic mass is 9.90. The molecule has 0 amide bonds. The van der Waals surface area contributed by atoms with Gasteiger partial charge in [0.2, 0.25) is 0 Å². The fourth-order valence-electron chi connectivity index (χ4n) is 2.76. The Labute approximate surface area is 133 Å². The molecular weight excluding hydrogens is 298 g/mol. The summed E-state index contributed by atoms with van der Waals surface area (Å²) < 4.78 is 14.0. The van der Waals surface area contributed by atoms with Gasteiger partial charge in [0.15, 0.2) is 0 Å². The number of nitrogens with zero attached hydrogens (tertiary/aromatic N) is 1. The number of hydrogen-bond donors (Lipinski definition) is 1. The summed E-state index contributed by atoms with van der Waals surface area (Å²) in [5.41, 5.74) is 0.855. The van der Waals surface area contributed by atoms with Gasteiger partial charge in [-0.05, 0) is 12.0 Å². The normalized spacial score (nSPS) is 18.6. The van der Waals surface area contributed by atoms with Crippen LogP contribution in [0, 0.1) is 11.7 Å². The Morgan fingerprint density at radius 3 is 2.35 bits per heavy atom. The Bertz CT molecular complexity index is 384. The minimum Gasteiger partial charge on any atom is -0.314 e. The van der Waals surface area contributed by atoms with Gasteiger partial charge in [-0.25, -0.2) is 4.39 Å². The largest absolute Gasteiger partial charge is 0.314 e. The molecule has 1 saturated heterocycles. The predicted molar refractivity (Wildman–Crippen MR) is 87.5 cm³/mol. The van der Waals surface area contributed by atoms with Crippen LogP contribution < -0.4 is 5.32 Å². The summed E-state index contributed by atoms with van der Waals surface area (Å²) in [6, 6.07) is 7.43. The lowest BCUT2D eigenvalue weighted by Crippen LogP contribution is -2.46. The van der Waals surface area contributed by atoms with Crippen LogP contribution in [0.2, 0.25) is 0 Å². The molecule has 116 valence electrons.